The van der Waals surface area contributed by atoms with E-state index in [0.717, 1.165) is 9.87 Å². The topological polar surface area (TPSA) is 126 Å². The highest BCUT2D eigenvalue weighted by atomic mass is 32.2. The van der Waals surface area contributed by atoms with Crippen LogP contribution < -0.4 is 15.0 Å². The van der Waals surface area contributed by atoms with Gasteiger partial charge in [0.2, 0.25) is 0 Å². The number of hydrogen-bond donors (Lipinski definition) is 1. The van der Waals surface area contributed by atoms with Crippen LogP contribution in [-0.2, 0) is 27.8 Å². The molecule has 0 fully saturated rings. The van der Waals surface area contributed by atoms with Gasteiger partial charge in [-0.3, -0.25) is 9.69 Å². The summed E-state index contributed by atoms with van der Waals surface area (Å²) >= 11 is 0. The highest BCUT2D eigenvalue weighted by Gasteiger charge is 2.40. The number of nitrogens with zero attached hydrogens (tertiary/aromatic N) is 3. The van der Waals surface area contributed by atoms with Crippen LogP contribution in [0, 0.1) is 0 Å². The molecule has 0 atom stereocenters. The molecule has 4 rings (SSSR count). The van der Waals surface area contributed by atoms with Crippen molar-refractivity contribution in [2.24, 2.45) is 0 Å². The van der Waals surface area contributed by atoms with E-state index in [-0.39, 0.29) is 35.8 Å². The Labute approximate surface area is 239 Å². The number of carbonyl (C=O) groups is 3. The first kappa shape index (κ1) is 29.6. The zero-order valence-corrected chi connectivity index (χ0v) is 24.1. The maximum absolute atomic E-state index is 13.6. The smallest absolute Gasteiger partial charge is 0.338 e. The molecular weight excluding hydrogens is 548 g/mol. The fourth-order valence-corrected chi connectivity index (χ4v) is 5.76. The van der Waals surface area contributed by atoms with E-state index in [4.69, 9.17) is 9.47 Å². The Balaban J connectivity index is 1.49. The second-order valence-corrected chi connectivity index (χ2v) is 11.5. The molecule has 1 aliphatic rings. The number of sulfonamides is 1. The average Bonchev–Trinajstić information content (AvgIpc) is 2.97. The quantitative estimate of drug-likeness (QED) is 0.363. The van der Waals surface area contributed by atoms with Crippen molar-refractivity contribution in [3.05, 3.63) is 89.0 Å². The Morgan fingerprint density at radius 2 is 1.56 bits per heavy atom. The predicted octanol–water partition coefficient (Wildman–Crippen LogP) is 3.10. The third-order valence-electron chi connectivity index (χ3n) is 6.55. The molecule has 0 saturated heterocycles. The van der Waals surface area contributed by atoms with Gasteiger partial charge in [0.05, 0.1) is 24.9 Å². The monoisotopic (exact) mass is 580 g/mol. The fourth-order valence-electron chi connectivity index (χ4n) is 4.13. The molecule has 0 unspecified atom stereocenters. The van der Waals surface area contributed by atoms with Crippen molar-refractivity contribution in [2.75, 3.05) is 46.3 Å². The number of esters is 1. The van der Waals surface area contributed by atoms with Gasteiger partial charge in [0.1, 0.15) is 17.3 Å². The van der Waals surface area contributed by atoms with Crippen molar-refractivity contribution < 1.29 is 32.3 Å². The summed E-state index contributed by atoms with van der Waals surface area (Å²) < 4.78 is 38.3. The molecule has 1 heterocycles. The number of rotatable bonds is 10. The minimum absolute atomic E-state index is 0.140. The summed E-state index contributed by atoms with van der Waals surface area (Å²) in [5.74, 6) is -0.262. The fraction of sp³-hybridized carbons (Fsp3) is 0.276. The molecule has 3 aromatic carbocycles. The van der Waals surface area contributed by atoms with Gasteiger partial charge in [0.15, 0.2) is 0 Å². The van der Waals surface area contributed by atoms with Gasteiger partial charge in [-0.2, -0.15) is 0 Å². The maximum atomic E-state index is 13.6. The Morgan fingerprint density at radius 3 is 2.20 bits per heavy atom. The lowest BCUT2D eigenvalue weighted by Gasteiger charge is -2.34. The second-order valence-electron chi connectivity index (χ2n) is 9.70. The molecule has 0 aromatic heterocycles. The number of carbonyl (C=O) groups excluding carboxylic acids is 3. The number of amides is 3. The number of hydrogen-bond acceptors (Lipinski definition) is 8. The lowest BCUT2D eigenvalue weighted by molar-refractivity contribution is 0.0481. The molecular formula is C29H32N4O7S. The van der Waals surface area contributed by atoms with Gasteiger partial charge in [-0.15, -0.1) is 0 Å². The summed E-state index contributed by atoms with van der Waals surface area (Å²) in [5.41, 5.74) is 1.97. The van der Waals surface area contributed by atoms with Crippen LogP contribution >= 0.6 is 0 Å². The van der Waals surface area contributed by atoms with Gasteiger partial charge in [0.25, 0.3) is 15.9 Å². The van der Waals surface area contributed by atoms with Crippen LogP contribution in [0.1, 0.15) is 31.8 Å². The summed E-state index contributed by atoms with van der Waals surface area (Å²) in [5, 5.41) is 2.78. The van der Waals surface area contributed by atoms with Crippen LogP contribution in [0.2, 0.25) is 0 Å². The molecule has 216 valence electrons. The molecule has 3 amide bonds. The Bertz CT molecular complexity index is 1540. The van der Waals surface area contributed by atoms with Gasteiger partial charge >= 0.3 is 12.0 Å². The molecule has 1 N–H and O–H groups in total. The zero-order valence-electron chi connectivity index (χ0n) is 23.3. The number of anilines is 1. The lowest BCUT2D eigenvalue weighted by atomic mass is 10.1. The number of fused-ring (bicyclic) bond motifs is 1. The summed E-state index contributed by atoms with van der Waals surface area (Å²) in [6.45, 7) is 0.798. The first-order valence-corrected chi connectivity index (χ1v) is 14.2. The summed E-state index contributed by atoms with van der Waals surface area (Å²) in [6, 6.07) is 16.8. The summed E-state index contributed by atoms with van der Waals surface area (Å²) in [4.78, 5) is 41.2. The van der Waals surface area contributed by atoms with Crippen LogP contribution in [0.25, 0.3) is 0 Å². The molecule has 0 radical (unpaired) electrons. The number of likely N-dealkylation sites (N-methyl/N-ethyl adjacent to an activating group) is 1. The summed E-state index contributed by atoms with van der Waals surface area (Å²) in [7, 11) is 2.49. The van der Waals surface area contributed by atoms with E-state index in [1.54, 1.807) is 31.4 Å². The molecule has 0 spiro atoms. The molecule has 0 saturated carbocycles. The van der Waals surface area contributed by atoms with E-state index in [1.165, 1.54) is 42.3 Å². The van der Waals surface area contributed by atoms with Crippen LogP contribution in [0.3, 0.4) is 0 Å². The predicted molar refractivity (Wildman–Crippen MR) is 152 cm³/mol. The van der Waals surface area contributed by atoms with Crippen LogP contribution in [0.4, 0.5) is 10.5 Å². The Morgan fingerprint density at radius 1 is 0.927 bits per heavy atom. The van der Waals surface area contributed by atoms with E-state index in [9.17, 15) is 22.8 Å². The molecule has 12 heteroatoms. The average molecular weight is 581 g/mol. The third kappa shape index (κ3) is 6.67. The van der Waals surface area contributed by atoms with Crippen molar-refractivity contribution >= 4 is 33.6 Å². The number of benzene rings is 3. The molecule has 0 bridgehead atoms. The largest absolute Gasteiger partial charge is 0.497 e. The first-order chi connectivity index (χ1) is 19.5. The molecule has 3 aromatic rings. The second kappa shape index (κ2) is 12.4. The van der Waals surface area contributed by atoms with Gasteiger partial charge in [-0.05, 0) is 67.7 Å². The number of methoxy groups -OCH3 is 1. The van der Waals surface area contributed by atoms with Gasteiger partial charge in [0, 0.05) is 25.7 Å². The highest BCUT2D eigenvalue weighted by molar-refractivity contribution is 7.90. The number of ether oxygens (including phenoxy) is 2. The third-order valence-corrected chi connectivity index (χ3v) is 8.30. The van der Waals surface area contributed by atoms with E-state index in [2.05, 4.69) is 5.32 Å². The summed E-state index contributed by atoms with van der Waals surface area (Å²) in [6.07, 6.45) is 0. The van der Waals surface area contributed by atoms with E-state index < -0.39 is 27.9 Å². The number of urea groups is 1. The van der Waals surface area contributed by atoms with Crippen molar-refractivity contribution in [3.8, 4) is 5.75 Å². The van der Waals surface area contributed by atoms with E-state index >= 15 is 0 Å². The SMILES string of the molecule is COc1ccc(CNC(=O)c2ccc3c(c2)S(=O)(=O)N(Cc2ccc(C(=O)OCCN(C)C)cc2)C(=O)N3C)cc1. The molecule has 0 aliphatic carbocycles. The van der Waals surface area contributed by atoms with E-state index in [1.807, 2.05) is 31.1 Å². The van der Waals surface area contributed by atoms with Crippen LogP contribution in [-0.4, -0.2) is 76.9 Å². The minimum atomic E-state index is -4.29. The molecule has 11 nitrogen and oxygen atoms in total. The lowest BCUT2D eigenvalue weighted by Crippen LogP contribution is -2.48. The first-order valence-electron chi connectivity index (χ1n) is 12.8. The van der Waals surface area contributed by atoms with Crippen molar-refractivity contribution in [2.45, 2.75) is 18.0 Å². The van der Waals surface area contributed by atoms with E-state index in [0.29, 0.717) is 23.4 Å². The van der Waals surface area contributed by atoms with Gasteiger partial charge < -0.3 is 19.7 Å². The molecule has 1 aliphatic heterocycles. The minimum Gasteiger partial charge on any atom is -0.497 e. The number of nitrogens with one attached hydrogen (secondary N) is 1. The maximum Gasteiger partial charge on any atom is 0.338 e. The van der Waals surface area contributed by atoms with Gasteiger partial charge in [-0.25, -0.2) is 22.3 Å². The highest BCUT2D eigenvalue weighted by Crippen LogP contribution is 2.35. The zero-order chi connectivity index (χ0) is 29.7. The van der Waals surface area contributed by atoms with Gasteiger partial charge in [-0.1, -0.05) is 24.3 Å². The van der Waals surface area contributed by atoms with Crippen molar-refractivity contribution in [3.63, 3.8) is 0 Å². The van der Waals surface area contributed by atoms with Crippen LogP contribution in [0.15, 0.2) is 71.6 Å². The van der Waals surface area contributed by atoms with Crippen molar-refractivity contribution in [1.29, 1.82) is 0 Å². The standard InChI is InChI=1S/C29H32N4O7S/c1-31(2)15-16-40-28(35)22-9-5-21(6-10-22)19-33-29(36)32(3)25-14-11-23(17-26(25)41(33,37)38)27(34)30-18-20-7-12-24(39-4)13-8-20/h5-14,17H,15-16,18-19H2,1-4H3,(H,30,34). The normalized spacial score (nSPS) is 14.0. The van der Waals surface area contributed by atoms with Crippen molar-refractivity contribution in [1.82, 2.24) is 14.5 Å². The Kier molecular flexibility index (Phi) is 8.94. The van der Waals surface area contributed by atoms with Crippen LogP contribution in [0.5, 0.6) is 5.75 Å². The Hall–Kier alpha value is -4.42. The molecule has 41 heavy (non-hydrogen) atoms.